The van der Waals surface area contributed by atoms with Crippen LogP contribution in [-0.2, 0) is 28.7 Å². The number of allylic oxidation sites excluding steroid dienone is 2. The van der Waals surface area contributed by atoms with Crippen LogP contribution in [0.15, 0.2) is 49.6 Å². The van der Waals surface area contributed by atoms with E-state index in [9.17, 15) is 29.4 Å². The summed E-state index contributed by atoms with van der Waals surface area (Å²) < 4.78 is 10.7. The van der Waals surface area contributed by atoms with E-state index in [1.165, 1.54) is 12.2 Å². The van der Waals surface area contributed by atoms with Crippen molar-refractivity contribution in [3.8, 4) is 0 Å². The SMILES string of the molecule is C=CCOC(=O)C1(CC(=C)C)CC(C(=O)O)C(C(=O)O)CC1(CC(=C)C)C(=O)OCC=C. The van der Waals surface area contributed by atoms with Gasteiger partial charge in [-0.05, 0) is 39.5 Å². The summed E-state index contributed by atoms with van der Waals surface area (Å²) in [5, 5.41) is 19.6. The topological polar surface area (TPSA) is 127 Å². The molecule has 0 aromatic carbocycles. The Labute approximate surface area is 188 Å². The molecule has 1 aliphatic carbocycles. The number of ether oxygens (including phenoxy) is 2. The molecular formula is C24H32O8. The van der Waals surface area contributed by atoms with Gasteiger partial charge in [0.2, 0.25) is 0 Å². The van der Waals surface area contributed by atoms with Crippen molar-refractivity contribution < 1.29 is 38.9 Å². The third-order valence-corrected chi connectivity index (χ3v) is 5.83. The van der Waals surface area contributed by atoms with Gasteiger partial charge in [0.05, 0.1) is 22.7 Å². The lowest BCUT2D eigenvalue weighted by Crippen LogP contribution is -2.61. The number of carbonyl (C=O) groups excluding carboxylic acids is 2. The first-order valence-electron chi connectivity index (χ1n) is 10.2. The second-order valence-corrected chi connectivity index (χ2v) is 8.50. The maximum Gasteiger partial charge on any atom is 0.313 e. The van der Waals surface area contributed by atoms with E-state index < -0.39 is 59.4 Å². The average molecular weight is 449 g/mol. The first-order chi connectivity index (χ1) is 14.9. The van der Waals surface area contributed by atoms with Gasteiger partial charge >= 0.3 is 23.9 Å². The van der Waals surface area contributed by atoms with Gasteiger partial charge in [0.1, 0.15) is 13.2 Å². The van der Waals surface area contributed by atoms with E-state index in [2.05, 4.69) is 26.3 Å². The van der Waals surface area contributed by atoms with Gasteiger partial charge in [-0.3, -0.25) is 19.2 Å². The molecule has 1 aliphatic rings. The Morgan fingerprint density at radius 2 is 1.12 bits per heavy atom. The smallest absolute Gasteiger partial charge is 0.313 e. The van der Waals surface area contributed by atoms with Crippen molar-refractivity contribution in [3.63, 3.8) is 0 Å². The molecule has 32 heavy (non-hydrogen) atoms. The maximum absolute atomic E-state index is 13.5. The lowest BCUT2D eigenvalue weighted by Gasteiger charge is -2.53. The number of carboxylic acids is 2. The molecule has 8 nitrogen and oxygen atoms in total. The minimum absolute atomic E-state index is 0.0877. The van der Waals surface area contributed by atoms with Crippen molar-refractivity contribution in [3.05, 3.63) is 49.6 Å². The molecule has 0 aromatic heterocycles. The number of hydrogen-bond acceptors (Lipinski definition) is 6. The predicted molar refractivity (Wildman–Crippen MR) is 118 cm³/mol. The van der Waals surface area contributed by atoms with Crippen molar-refractivity contribution in [1.29, 1.82) is 0 Å². The van der Waals surface area contributed by atoms with E-state index in [0.29, 0.717) is 11.1 Å². The number of aliphatic carboxylic acids is 2. The molecule has 4 atom stereocenters. The largest absolute Gasteiger partial charge is 0.481 e. The molecule has 0 amide bonds. The summed E-state index contributed by atoms with van der Waals surface area (Å²) in [4.78, 5) is 51.2. The number of esters is 2. The fourth-order valence-corrected chi connectivity index (χ4v) is 4.71. The Bertz CT molecular complexity index is 758. The van der Waals surface area contributed by atoms with Crippen molar-refractivity contribution in [1.82, 2.24) is 0 Å². The van der Waals surface area contributed by atoms with Gasteiger partial charge in [0, 0.05) is 0 Å². The van der Waals surface area contributed by atoms with Gasteiger partial charge < -0.3 is 19.7 Å². The highest BCUT2D eigenvalue weighted by Crippen LogP contribution is 2.61. The lowest BCUT2D eigenvalue weighted by atomic mass is 9.47. The third-order valence-electron chi connectivity index (χ3n) is 5.83. The second-order valence-electron chi connectivity index (χ2n) is 8.50. The minimum atomic E-state index is -1.73. The van der Waals surface area contributed by atoms with Crippen LogP contribution in [0, 0.1) is 22.7 Å². The van der Waals surface area contributed by atoms with E-state index in [1.807, 2.05) is 0 Å². The zero-order chi connectivity index (χ0) is 24.7. The van der Waals surface area contributed by atoms with Crippen LogP contribution in [0.1, 0.15) is 39.5 Å². The maximum atomic E-state index is 13.5. The molecule has 2 N–H and O–H groups in total. The normalized spacial score (nSPS) is 26.9. The third kappa shape index (κ3) is 5.36. The van der Waals surface area contributed by atoms with Crippen LogP contribution in [0.5, 0.6) is 0 Å². The quantitative estimate of drug-likeness (QED) is 0.343. The molecule has 0 aliphatic heterocycles. The predicted octanol–water partition coefficient (Wildman–Crippen LogP) is 3.55. The molecule has 0 saturated heterocycles. The number of hydrogen-bond donors (Lipinski definition) is 2. The van der Waals surface area contributed by atoms with Crippen LogP contribution in [0.4, 0.5) is 0 Å². The number of carbonyl (C=O) groups is 4. The monoisotopic (exact) mass is 448 g/mol. The summed E-state index contributed by atoms with van der Waals surface area (Å²) in [5.74, 6) is -7.24. The minimum Gasteiger partial charge on any atom is -0.481 e. The Hall–Kier alpha value is -3.16. The zero-order valence-electron chi connectivity index (χ0n) is 18.7. The molecule has 0 radical (unpaired) electrons. The van der Waals surface area contributed by atoms with Crippen LogP contribution in [-0.4, -0.2) is 47.3 Å². The Morgan fingerprint density at radius 3 is 1.34 bits per heavy atom. The lowest BCUT2D eigenvalue weighted by molar-refractivity contribution is -0.197. The van der Waals surface area contributed by atoms with E-state index in [1.54, 1.807) is 13.8 Å². The summed E-state index contributed by atoms with van der Waals surface area (Å²) in [6.45, 7) is 17.7. The second kappa shape index (κ2) is 10.9. The number of carboxylic acid groups (broad SMARTS) is 2. The molecule has 1 rings (SSSR count). The Kier molecular flexibility index (Phi) is 9.18. The van der Waals surface area contributed by atoms with Crippen LogP contribution >= 0.6 is 0 Å². The summed E-state index contributed by atoms with van der Waals surface area (Å²) in [5.41, 5.74) is -2.45. The summed E-state index contributed by atoms with van der Waals surface area (Å²) in [6, 6.07) is 0. The van der Waals surface area contributed by atoms with Gasteiger partial charge in [0.25, 0.3) is 0 Å². The standard InChI is InChI=1S/C24H32O8/c1-7-9-31-21(29)23(11-15(3)4)13-17(19(25)26)18(20(27)28)14-24(23,12-16(5)6)22(30)32-10-8-2/h7-8,17-18H,1-3,5,9-14H2,4,6H3,(H,25,26)(H,27,28). The molecule has 0 aromatic rings. The average Bonchev–Trinajstić information content (AvgIpc) is 2.69. The number of rotatable bonds is 12. The van der Waals surface area contributed by atoms with Crippen molar-refractivity contribution in [2.45, 2.75) is 39.5 Å². The molecule has 0 spiro atoms. The van der Waals surface area contributed by atoms with Crippen LogP contribution < -0.4 is 0 Å². The molecular weight excluding hydrogens is 416 g/mol. The fraction of sp³-hybridized carbons (Fsp3) is 0.500. The van der Waals surface area contributed by atoms with Gasteiger partial charge in [-0.1, -0.05) is 36.5 Å². The zero-order valence-corrected chi connectivity index (χ0v) is 18.7. The van der Waals surface area contributed by atoms with Crippen molar-refractivity contribution in [2.24, 2.45) is 22.7 Å². The van der Waals surface area contributed by atoms with Crippen LogP contribution in [0.25, 0.3) is 0 Å². The van der Waals surface area contributed by atoms with Gasteiger partial charge in [-0.25, -0.2) is 0 Å². The first kappa shape index (κ1) is 26.9. The Morgan fingerprint density at radius 1 is 0.812 bits per heavy atom. The summed E-state index contributed by atoms with van der Waals surface area (Å²) in [6.07, 6.45) is 1.66. The summed E-state index contributed by atoms with van der Waals surface area (Å²) >= 11 is 0. The highest BCUT2D eigenvalue weighted by Gasteiger charge is 2.68. The molecule has 4 unspecified atom stereocenters. The highest BCUT2D eigenvalue weighted by molar-refractivity contribution is 5.92. The van der Waals surface area contributed by atoms with Gasteiger partial charge in [-0.15, -0.1) is 13.2 Å². The van der Waals surface area contributed by atoms with Crippen molar-refractivity contribution >= 4 is 23.9 Å². The Balaban J connectivity index is 3.95. The van der Waals surface area contributed by atoms with E-state index in [4.69, 9.17) is 9.47 Å². The van der Waals surface area contributed by atoms with Gasteiger partial charge in [0.15, 0.2) is 0 Å². The van der Waals surface area contributed by atoms with E-state index >= 15 is 0 Å². The van der Waals surface area contributed by atoms with E-state index in [-0.39, 0.29) is 26.1 Å². The summed E-state index contributed by atoms with van der Waals surface area (Å²) in [7, 11) is 0. The van der Waals surface area contributed by atoms with Crippen LogP contribution in [0.3, 0.4) is 0 Å². The molecule has 0 bridgehead atoms. The molecule has 1 saturated carbocycles. The van der Waals surface area contributed by atoms with Gasteiger partial charge in [-0.2, -0.15) is 0 Å². The van der Waals surface area contributed by atoms with E-state index in [0.717, 1.165) is 0 Å². The highest BCUT2D eigenvalue weighted by atomic mass is 16.5. The molecule has 0 heterocycles. The molecule has 1 fully saturated rings. The molecule has 176 valence electrons. The van der Waals surface area contributed by atoms with Crippen molar-refractivity contribution in [2.75, 3.05) is 13.2 Å². The van der Waals surface area contributed by atoms with Crippen LogP contribution in [0.2, 0.25) is 0 Å². The first-order valence-corrected chi connectivity index (χ1v) is 10.2. The molecule has 8 heteroatoms. The fourth-order valence-electron chi connectivity index (χ4n) is 4.71.